The summed E-state index contributed by atoms with van der Waals surface area (Å²) in [6.07, 6.45) is 1.62. The third kappa shape index (κ3) is 4.83. The van der Waals surface area contributed by atoms with Crippen molar-refractivity contribution in [2.75, 3.05) is 7.11 Å². The number of esters is 1. The third-order valence-electron chi connectivity index (χ3n) is 6.22. The van der Waals surface area contributed by atoms with Crippen LogP contribution in [0.5, 0.6) is 0 Å². The second-order valence-electron chi connectivity index (χ2n) is 8.56. The predicted molar refractivity (Wildman–Crippen MR) is 153 cm³/mol. The van der Waals surface area contributed by atoms with Gasteiger partial charge in [-0.2, -0.15) is 0 Å². The van der Waals surface area contributed by atoms with Gasteiger partial charge in [0, 0.05) is 10.0 Å². The molecule has 0 aliphatic carbocycles. The molecule has 1 unspecified atom stereocenters. The van der Waals surface area contributed by atoms with Crippen molar-refractivity contribution in [3.8, 4) is 0 Å². The van der Waals surface area contributed by atoms with E-state index in [4.69, 9.17) is 33.7 Å². The highest BCUT2D eigenvalue weighted by atomic mass is 35.5. The van der Waals surface area contributed by atoms with Gasteiger partial charge >= 0.3 is 5.97 Å². The highest BCUT2D eigenvalue weighted by molar-refractivity contribution is 7.95. The molecule has 0 bridgehead atoms. The molecule has 198 valence electrons. The van der Waals surface area contributed by atoms with Crippen molar-refractivity contribution in [3.05, 3.63) is 124 Å². The average Bonchev–Trinajstić information content (AvgIpc) is 3.25. The number of nitrogens with zero attached hydrogens (tertiary/aromatic N) is 1. The van der Waals surface area contributed by atoms with Gasteiger partial charge in [-0.1, -0.05) is 65.7 Å². The molecule has 5 rings (SSSR count). The Balaban J connectivity index is 1.92. The lowest BCUT2D eigenvalue weighted by molar-refractivity contribution is -0.134. The first-order chi connectivity index (χ1) is 18.6. The summed E-state index contributed by atoms with van der Waals surface area (Å²) in [5, 5.41) is 0.955. The zero-order chi connectivity index (χ0) is 27.9. The van der Waals surface area contributed by atoms with E-state index >= 15 is 0 Å². The number of hydrogen-bond donors (Lipinski definition) is 1. The number of nitrogens with two attached hydrogens (primary N) is 1. The first-order valence-electron chi connectivity index (χ1n) is 11.5. The van der Waals surface area contributed by atoms with Crippen molar-refractivity contribution in [2.24, 2.45) is 5.73 Å². The molecule has 1 aliphatic rings. The molecule has 11 heteroatoms. The maximum Gasteiger partial charge on any atom is 0.337 e. The Morgan fingerprint density at radius 3 is 2.15 bits per heavy atom. The van der Waals surface area contributed by atoms with Crippen LogP contribution in [0.2, 0.25) is 10.0 Å². The van der Waals surface area contributed by atoms with E-state index < -0.39 is 27.3 Å². The lowest BCUT2D eigenvalue weighted by Gasteiger charge is -2.27. The van der Waals surface area contributed by atoms with Crippen LogP contribution in [0.1, 0.15) is 17.0 Å². The van der Waals surface area contributed by atoms with Crippen LogP contribution >= 0.6 is 34.5 Å². The van der Waals surface area contributed by atoms with E-state index in [-0.39, 0.29) is 30.4 Å². The molecule has 7 nitrogen and oxygen atoms in total. The molecule has 2 N–H and O–H groups in total. The second kappa shape index (κ2) is 10.5. The summed E-state index contributed by atoms with van der Waals surface area (Å²) in [6.45, 7) is 0. The molecule has 1 atom stereocenters. The lowest BCUT2D eigenvalue weighted by atomic mass is 9.89. The summed E-state index contributed by atoms with van der Waals surface area (Å²) in [6, 6.07) is 20.9. The molecule has 1 aliphatic heterocycles. The summed E-state index contributed by atoms with van der Waals surface area (Å²) >= 11 is 13.1. The van der Waals surface area contributed by atoms with Gasteiger partial charge in [0.05, 0.1) is 28.0 Å². The van der Waals surface area contributed by atoms with Crippen LogP contribution in [-0.4, -0.2) is 26.1 Å². The van der Waals surface area contributed by atoms with Crippen molar-refractivity contribution in [1.29, 1.82) is 0 Å². The number of ether oxygens (including phenoxy) is 1. The number of halogens is 2. The minimum atomic E-state index is -4.29. The molecule has 0 amide bonds. The van der Waals surface area contributed by atoms with E-state index in [0.717, 1.165) is 15.9 Å². The Kier molecular flexibility index (Phi) is 7.26. The Morgan fingerprint density at radius 1 is 0.974 bits per heavy atom. The van der Waals surface area contributed by atoms with Crippen LogP contribution < -0.4 is 20.5 Å². The number of rotatable bonds is 5. The molecule has 0 saturated carbocycles. The van der Waals surface area contributed by atoms with Gasteiger partial charge in [0.2, 0.25) is 9.84 Å². The standard InChI is InChI=1S/C28H20Cl2N2O5S2/c1-37-28(34)23-22(17-9-13-19(30)14-10-17)24(39(35,36)20-5-3-2-4-6-20)25(31)32-26(33)21(38-27(23)32)15-16-7-11-18(29)12-8-16/h2-15,22H,31H2,1H3/b21-15-. The summed E-state index contributed by atoms with van der Waals surface area (Å²) in [4.78, 5) is 26.7. The van der Waals surface area contributed by atoms with Crippen molar-refractivity contribution in [1.82, 2.24) is 4.57 Å². The maximum atomic E-state index is 14.1. The number of hydrogen-bond acceptors (Lipinski definition) is 7. The summed E-state index contributed by atoms with van der Waals surface area (Å²) < 4.78 is 34.8. The van der Waals surface area contributed by atoms with Crippen LogP contribution in [-0.2, 0) is 19.4 Å². The Morgan fingerprint density at radius 2 is 1.56 bits per heavy atom. The van der Waals surface area contributed by atoms with Crippen LogP contribution in [0.25, 0.3) is 17.5 Å². The molecular formula is C28H20Cl2N2O5S2. The van der Waals surface area contributed by atoms with Crippen molar-refractivity contribution in [3.63, 3.8) is 0 Å². The van der Waals surface area contributed by atoms with Gasteiger partial charge in [0.25, 0.3) is 5.56 Å². The first kappa shape index (κ1) is 27.0. The fraction of sp³-hybridized carbons (Fsp3) is 0.0714. The van der Waals surface area contributed by atoms with E-state index in [2.05, 4.69) is 0 Å². The highest BCUT2D eigenvalue weighted by Gasteiger charge is 2.42. The molecule has 0 radical (unpaired) electrons. The smallest absolute Gasteiger partial charge is 0.337 e. The highest BCUT2D eigenvalue weighted by Crippen LogP contribution is 2.42. The molecular weight excluding hydrogens is 579 g/mol. The van der Waals surface area contributed by atoms with E-state index in [1.807, 2.05) is 0 Å². The minimum Gasteiger partial charge on any atom is -0.466 e. The quantitative estimate of drug-likeness (QED) is 0.351. The molecule has 0 spiro atoms. The van der Waals surface area contributed by atoms with Crippen LogP contribution in [0.4, 0.5) is 0 Å². The number of allylic oxidation sites excluding steroid dienone is 1. The van der Waals surface area contributed by atoms with Gasteiger partial charge in [0.1, 0.15) is 15.4 Å². The number of methoxy groups -OCH3 is 1. The number of sulfone groups is 1. The number of aromatic nitrogens is 1. The van der Waals surface area contributed by atoms with Gasteiger partial charge in [-0.05, 0) is 53.6 Å². The van der Waals surface area contributed by atoms with Crippen molar-refractivity contribution in [2.45, 2.75) is 10.8 Å². The summed E-state index contributed by atoms with van der Waals surface area (Å²) in [5.74, 6) is -2.25. The second-order valence-corrected chi connectivity index (χ2v) is 12.4. The molecule has 4 aromatic rings. The zero-order valence-electron chi connectivity index (χ0n) is 20.3. The SMILES string of the molecule is COC(=O)C1=c2s/c(=C\c3ccc(Cl)cc3)c(=O)n2C(N)=C(S(=O)(=O)c2ccccc2)C1c1ccc(Cl)cc1. The van der Waals surface area contributed by atoms with Gasteiger partial charge in [-0.25, -0.2) is 13.2 Å². The first-order valence-corrected chi connectivity index (χ1v) is 14.6. The lowest BCUT2D eigenvalue weighted by Crippen LogP contribution is -2.41. The Labute approximate surface area is 237 Å². The topological polar surface area (TPSA) is 108 Å². The van der Waals surface area contributed by atoms with Gasteiger partial charge in [-0.3, -0.25) is 9.36 Å². The number of carbonyl (C=O) groups is 1. The maximum absolute atomic E-state index is 14.1. The predicted octanol–water partition coefficient (Wildman–Crippen LogP) is 3.73. The monoisotopic (exact) mass is 598 g/mol. The average molecular weight is 600 g/mol. The number of fused-ring (bicyclic) bond motifs is 1. The van der Waals surface area contributed by atoms with E-state index in [9.17, 15) is 18.0 Å². The molecule has 2 heterocycles. The summed E-state index contributed by atoms with van der Waals surface area (Å²) in [7, 11) is -3.10. The Bertz CT molecular complexity index is 1910. The fourth-order valence-electron chi connectivity index (χ4n) is 4.41. The summed E-state index contributed by atoms with van der Waals surface area (Å²) in [5.41, 5.74) is 7.08. The van der Waals surface area contributed by atoms with Crippen molar-refractivity contribution < 1.29 is 17.9 Å². The van der Waals surface area contributed by atoms with E-state index in [1.54, 1.807) is 72.8 Å². The number of benzene rings is 3. The number of carbonyl (C=O) groups excluding carboxylic acids is 1. The number of thiazole rings is 1. The van der Waals surface area contributed by atoms with Crippen molar-refractivity contribution >= 4 is 67.8 Å². The molecule has 3 aromatic carbocycles. The van der Waals surface area contributed by atoms with E-state index in [1.165, 1.54) is 19.2 Å². The van der Waals surface area contributed by atoms with Crippen LogP contribution in [0, 0.1) is 0 Å². The fourth-order valence-corrected chi connectivity index (χ4v) is 7.53. The molecule has 0 saturated heterocycles. The largest absolute Gasteiger partial charge is 0.466 e. The normalized spacial score (nSPS) is 15.8. The van der Waals surface area contributed by atoms with Crippen LogP contribution in [0.15, 0.2) is 93.5 Å². The van der Waals surface area contributed by atoms with E-state index in [0.29, 0.717) is 21.2 Å². The molecule has 1 aromatic heterocycles. The molecule has 39 heavy (non-hydrogen) atoms. The zero-order valence-corrected chi connectivity index (χ0v) is 23.4. The minimum absolute atomic E-state index is 0.0265. The Hall–Kier alpha value is -3.63. The van der Waals surface area contributed by atoms with Gasteiger partial charge in [-0.15, -0.1) is 11.3 Å². The van der Waals surface area contributed by atoms with Gasteiger partial charge < -0.3 is 10.5 Å². The molecule has 0 fully saturated rings. The third-order valence-corrected chi connectivity index (χ3v) is 9.75. The van der Waals surface area contributed by atoms with Gasteiger partial charge in [0.15, 0.2) is 0 Å². The van der Waals surface area contributed by atoms with Crippen LogP contribution in [0.3, 0.4) is 0 Å².